The third kappa shape index (κ3) is 4.01. The van der Waals surface area contributed by atoms with Gasteiger partial charge in [-0.2, -0.15) is 0 Å². The lowest BCUT2D eigenvalue weighted by molar-refractivity contribution is -0.122. The van der Waals surface area contributed by atoms with Crippen molar-refractivity contribution < 1.29 is 14.0 Å². The molecule has 0 fully saturated rings. The first-order valence-corrected chi connectivity index (χ1v) is 6.96. The Morgan fingerprint density at radius 1 is 1.18 bits per heavy atom. The lowest BCUT2D eigenvalue weighted by Gasteiger charge is -2.09. The fourth-order valence-corrected chi connectivity index (χ4v) is 2.18. The minimum absolute atomic E-state index is 0.165. The monoisotopic (exact) mass is 367 g/mol. The van der Waals surface area contributed by atoms with Gasteiger partial charge in [-0.1, -0.05) is 6.07 Å². The predicted molar refractivity (Wildman–Crippen MR) is 80.4 cm³/mol. The van der Waals surface area contributed by atoms with Gasteiger partial charge in [0.25, 0.3) is 17.4 Å². The molecule has 0 aliphatic heterocycles. The van der Waals surface area contributed by atoms with Crippen LogP contribution in [0.25, 0.3) is 0 Å². The van der Waals surface area contributed by atoms with Gasteiger partial charge in [0.2, 0.25) is 0 Å². The number of carbonyl (C=O) groups excluding carboxylic acids is 2. The third-order valence-electron chi connectivity index (χ3n) is 2.70. The summed E-state index contributed by atoms with van der Waals surface area (Å²) in [5.74, 6) is -1.67. The maximum atomic E-state index is 12.9. The second-order valence-electron chi connectivity index (χ2n) is 4.29. The quantitative estimate of drug-likeness (QED) is 0.800. The van der Waals surface area contributed by atoms with E-state index in [2.05, 4.69) is 26.8 Å². The van der Waals surface area contributed by atoms with E-state index in [4.69, 9.17) is 0 Å². The summed E-state index contributed by atoms with van der Waals surface area (Å²) in [4.78, 5) is 35.0. The molecule has 114 valence electrons. The molecule has 0 aliphatic rings. The summed E-state index contributed by atoms with van der Waals surface area (Å²) in [6, 6.07) is 8.04. The fourth-order valence-electron chi connectivity index (χ4n) is 1.65. The highest BCUT2D eigenvalue weighted by Gasteiger charge is 2.12. The number of pyridine rings is 1. The molecule has 0 unspecified atom stereocenters. The van der Waals surface area contributed by atoms with Crippen LogP contribution < -0.4 is 16.4 Å². The zero-order valence-electron chi connectivity index (χ0n) is 11.2. The van der Waals surface area contributed by atoms with Gasteiger partial charge in [-0.25, -0.2) is 4.39 Å². The van der Waals surface area contributed by atoms with Crippen molar-refractivity contribution in [2.24, 2.45) is 0 Å². The number of carbonyl (C=O) groups is 2. The second-order valence-corrected chi connectivity index (χ2v) is 5.15. The highest BCUT2D eigenvalue weighted by molar-refractivity contribution is 9.10. The number of nitrogens with one attached hydrogen (secondary N) is 2. The third-order valence-corrected chi connectivity index (χ3v) is 3.36. The number of hydrogen-bond acceptors (Lipinski definition) is 3. The van der Waals surface area contributed by atoms with E-state index in [0.29, 0.717) is 0 Å². The Kier molecular flexibility index (Phi) is 5.05. The zero-order valence-corrected chi connectivity index (χ0v) is 12.8. The van der Waals surface area contributed by atoms with Gasteiger partial charge in [0, 0.05) is 16.7 Å². The smallest absolute Gasteiger partial charge is 0.270 e. The Morgan fingerprint density at radius 2 is 1.95 bits per heavy atom. The van der Waals surface area contributed by atoms with Crippen molar-refractivity contribution in [2.75, 3.05) is 0 Å². The van der Waals surface area contributed by atoms with Crippen LogP contribution in [0.3, 0.4) is 0 Å². The summed E-state index contributed by atoms with van der Waals surface area (Å²) in [5.41, 5.74) is 4.21. The van der Waals surface area contributed by atoms with E-state index >= 15 is 0 Å². The molecule has 0 saturated carbocycles. The summed E-state index contributed by atoms with van der Waals surface area (Å²) < 4.78 is 14.4. The van der Waals surface area contributed by atoms with Crippen molar-refractivity contribution in [3.05, 3.63) is 68.8 Å². The molecule has 6 nitrogen and oxygen atoms in total. The van der Waals surface area contributed by atoms with Crippen molar-refractivity contribution in [1.82, 2.24) is 15.4 Å². The average Bonchev–Trinajstić information content (AvgIpc) is 2.47. The van der Waals surface area contributed by atoms with Gasteiger partial charge in [-0.3, -0.25) is 25.2 Å². The standard InChI is InChI=1S/C14H11BrFN3O3/c15-11-7-9(16)4-5-10(11)14(22)18-17-12(20)8-19-6-2-1-3-13(19)21/h1-7H,8H2,(H,17,20)(H,18,22). The van der Waals surface area contributed by atoms with E-state index in [1.807, 2.05) is 0 Å². The van der Waals surface area contributed by atoms with Crippen LogP contribution in [0.15, 0.2) is 51.9 Å². The topological polar surface area (TPSA) is 80.2 Å². The first kappa shape index (κ1) is 15.9. The van der Waals surface area contributed by atoms with Crippen LogP contribution in [0, 0.1) is 5.82 Å². The normalized spacial score (nSPS) is 10.1. The van der Waals surface area contributed by atoms with Crippen LogP contribution in [0.4, 0.5) is 4.39 Å². The van der Waals surface area contributed by atoms with E-state index in [1.165, 1.54) is 22.9 Å². The molecule has 2 N–H and O–H groups in total. The second kappa shape index (κ2) is 6.99. The Bertz CT molecular complexity index is 776. The molecule has 0 bridgehead atoms. The van der Waals surface area contributed by atoms with Crippen molar-refractivity contribution in [3.63, 3.8) is 0 Å². The van der Waals surface area contributed by atoms with Gasteiger partial charge in [-0.15, -0.1) is 0 Å². The number of benzene rings is 1. The maximum absolute atomic E-state index is 12.9. The number of nitrogens with zero attached hydrogens (tertiary/aromatic N) is 1. The van der Waals surface area contributed by atoms with Crippen LogP contribution in [-0.2, 0) is 11.3 Å². The number of aromatic nitrogens is 1. The van der Waals surface area contributed by atoms with E-state index in [-0.39, 0.29) is 22.1 Å². The number of amides is 2. The summed E-state index contributed by atoms with van der Waals surface area (Å²) in [6.45, 7) is -0.232. The molecule has 0 spiro atoms. The Balaban J connectivity index is 1.95. The van der Waals surface area contributed by atoms with Crippen LogP contribution in [0.1, 0.15) is 10.4 Å². The van der Waals surface area contributed by atoms with Crippen LogP contribution in [-0.4, -0.2) is 16.4 Å². The first-order valence-electron chi connectivity index (χ1n) is 6.17. The molecule has 8 heteroatoms. The van der Waals surface area contributed by atoms with Crippen molar-refractivity contribution in [2.45, 2.75) is 6.54 Å². The summed E-state index contributed by atoms with van der Waals surface area (Å²) >= 11 is 3.06. The van der Waals surface area contributed by atoms with Crippen LogP contribution in [0.5, 0.6) is 0 Å². The van der Waals surface area contributed by atoms with Crippen molar-refractivity contribution in [1.29, 1.82) is 0 Å². The van der Waals surface area contributed by atoms with E-state index in [9.17, 15) is 18.8 Å². The van der Waals surface area contributed by atoms with Crippen LogP contribution in [0.2, 0.25) is 0 Å². The van der Waals surface area contributed by atoms with E-state index < -0.39 is 17.6 Å². The maximum Gasteiger partial charge on any atom is 0.270 e. The molecule has 2 rings (SSSR count). The Morgan fingerprint density at radius 3 is 2.64 bits per heavy atom. The molecule has 1 heterocycles. The molecular weight excluding hydrogens is 357 g/mol. The van der Waals surface area contributed by atoms with Crippen LogP contribution >= 0.6 is 15.9 Å². The molecular formula is C14H11BrFN3O3. The van der Waals surface area contributed by atoms with Crippen molar-refractivity contribution in [3.8, 4) is 0 Å². The number of hydrazine groups is 1. The fraction of sp³-hybridized carbons (Fsp3) is 0.0714. The first-order chi connectivity index (χ1) is 10.5. The molecule has 1 aromatic carbocycles. The lowest BCUT2D eigenvalue weighted by Crippen LogP contribution is -2.44. The highest BCUT2D eigenvalue weighted by atomic mass is 79.9. The summed E-state index contributed by atoms with van der Waals surface area (Å²) in [7, 11) is 0. The molecule has 2 amide bonds. The molecule has 22 heavy (non-hydrogen) atoms. The predicted octanol–water partition coefficient (Wildman–Crippen LogP) is 1.21. The number of halogens is 2. The molecule has 0 atom stereocenters. The van der Waals surface area contributed by atoms with E-state index in [0.717, 1.165) is 12.1 Å². The van der Waals surface area contributed by atoms with Gasteiger partial charge in [0.15, 0.2) is 0 Å². The zero-order chi connectivity index (χ0) is 16.1. The largest absolute Gasteiger partial charge is 0.306 e. The minimum atomic E-state index is -0.611. The Labute approximate surface area is 133 Å². The van der Waals surface area contributed by atoms with Crippen molar-refractivity contribution >= 4 is 27.7 Å². The average molecular weight is 368 g/mol. The number of rotatable bonds is 3. The molecule has 2 aromatic rings. The minimum Gasteiger partial charge on any atom is -0.306 e. The summed E-state index contributed by atoms with van der Waals surface area (Å²) in [5, 5.41) is 0. The van der Waals surface area contributed by atoms with Gasteiger partial charge in [0.1, 0.15) is 12.4 Å². The number of hydrogen-bond donors (Lipinski definition) is 2. The molecule has 1 aromatic heterocycles. The van der Waals surface area contributed by atoms with Gasteiger partial charge < -0.3 is 4.57 Å². The molecule has 0 aliphatic carbocycles. The highest BCUT2D eigenvalue weighted by Crippen LogP contribution is 2.17. The SMILES string of the molecule is O=C(Cn1ccccc1=O)NNC(=O)c1ccc(F)cc1Br. The van der Waals surface area contributed by atoms with Gasteiger partial charge >= 0.3 is 0 Å². The Hall–Kier alpha value is -2.48. The van der Waals surface area contributed by atoms with Gasteiger partial charge in [0.05, 0.1) is 5.56 Å². The lowest BCUT2D eigenvalue weighted by atomic mass is 10.2. The molecule has 0 radical (unpaired) electrons. The van der Waals surface area contributed by atoms with E-state index in [1.54, 1.807) is 12.1 Å². The van der Waals surface area contributed by atoms with Gasteiger partial charge in [-0.05, 0) is 40.2 Å². The summed E-state index contributed by atoms with van der Waals surface area (Å²) in [6.07, 6.45) is 1.46. The molecule has 0 saturated heterocycles.